The summed E-state index contributed by atoms with van der Waals surface area (Å²) in [5, 5.41) is 5.17. The number of benzene rings is 9. The van der Waals surface area contributed by atoms with E-state index in [0.717, 1.165) is 17.1 Å². The van der Waals surface area contributed by atoms with Crippen LogP contribution in [-0.2, 0) is 10.8 Å². The van der Waals surface area contributed by atoms with Crippen LogP contribution in [-0.4, -0.2) is 0 Å². The number of thiophene rings is 1. The van der Waals surface area contributed by atoms with Crippen LogP contribution in [0, 0.1) is 0 Å². The second-order valence-electron chi connectivity index (χ2n) is 17.8. The van der Waals surface area contributed by atoms with Gasteiger partial charge in [0.15, 0.2) is 0 Å². The van der Waals surface area contributed by atoms with Gasteiger partial charge >= 0.3 is 0 Å². The SMILES string of the molecule is CC1(C)c2ccccc2-c2ccc(-c3ccc(N(c4ccc5c(c4)C(C)(C)c4cc(-c6ccccc6)ccc4-5)c4ccc5sc6cc7ccccc7cc6c5c4)cc3)cc21. The second kappa shape index (κ2) is 12.9. The molecule has 2 aliphatic rings. The highest BCUT2D eigenvalue weighted by Crippen LogP contribution is 2.53. The predicted molar refractivity (Wildman–Crippen MR) is 258 cm³/mol. The Bertz CT molecular complexity index is 3370. The topological polar surface area (TPSA) is 3.24 Å². The summed E-state index contributed by atoms with van der Waals surface area (Å²) in [5.41, 5.74) is 19.1. The van der Waals surface area contributed by atoms with E-state index in [9.17, 15) is 0 Å². The minimum Gasteiger partial charge on any atom is -0.310 e. The van der Waals surface area contributed by atoms with Crippen LogP contribution in [0.1, 0.15) is 49.9 Å². The van der Waals surface area contributed by atoms with E-state index < -0.39 is 0 Å². The monoisotopic (exact) mass is 785 g/mol. The van der Waals surface area contributed by atoms with Crippen molar-refractivity contribution in [3.05, 3.63) is 210 Å². The van der Waals surface area contributed by atoms with E-state index in [2.05, 4.69) is 221 Å². The molecule has 0 unspecified atom stereocenters. The molecule has 10 aromatic rings. The van der Waals surface area contributed by atoms with Gasteiger partial charge in [0.1, 0.15) is 0 Å². The Balaban J connectivity index is 0.988. The van der Waals surface area contributed by atoms with E-state index in [1.54, 1.807) is 0 Å². The van der Waals surface area contributed by atoms with Crippen molar-refractivity contribution < 1.29 is 0 Å². The lowest BCUT2D eigenvalue weighted by Gasteiger charge is -2.28. The third kappa shape index (κ3) is 5.24. The van der Waals surface area contributed by atoms with Gasteiger partial charge in [0.05, 0.1) is 0 Å². The smallest absolute Gasteiger partial charge is 0.0468 e. The van der Waals surface area contributed by atoms with Crippen molar-refractivity contribution in [3.63, 3.8) is 0 Å². The van der Waals surface area contributed by atoms with Crippen molar-refractivity contribution in [1.82, 2.24) is 0 Å². The van der Waals surface area contributed by atoms with Crippen LogP contribution in [0.25, 0.3) is 75.5 Å². The summed E-state index contributed by atoms with van der Waals surface area (Å²) in [4.78, 5) is 2.46. The molecule has 2 aliphatic carbocycles. The molecule has 0 aliphatic heterocycles. The Morgan fingerprint density at radius 1 is 0.333 bits per heavy atom. The van der Waals surface area contributed by atoms with E-state index in [1.807, 2.05) is 11.3 Å². The van der Waals surface area contributed by atoms with Crippen LogP contribution in [0.3, 0.4) is 0 Å². The maximum atomic E-state index is 2.46. The molecule has 0 saturated heterocycles. The molecule has 2 heteroatoms. The predicted octanol–water partition coefficient (Wildman–Crippen LogP) is 16.6. The Morgan fingerprint density at radius 2 is 0.817 bits per heavy atom. The number of hydrogen-bond donors (Lipinski definition) is 0. The van der Waals surface area contributed by atoms with Gasteiger partial charge in [0, 0.05) is 48.1 Å². The Hall–Kier alpha value is -6.74. The van der Waals surface area contributed by atoms with Crippen molar-refractivity contribution in [1.29, 1.82) is 0 Å². The quantitative estimate of drug-likeness (QED) is 0.168. The first-order valence-corrected chi connectivity index (χ1v) is 21.9. The molecule has 1 heterocycles. The van der Waals surface area contributed by atoms with E-state index in [1.165, 1.54) is 97.7 Å². The average molecular weight is 786 g/mol. The summed E-state index contributed by atoms with van der Waals surface area (Å²) in [6.45, 7) is 9.49. The van der Waals surface area contributed by atoms with Crippen LogP contribution in [0.15, 0.2) is 188 Å². The standard InChI is InChI=1S/C58H43NS/c1-57(2)51-17-11-10-16-45(51)46-26-21-41(32-52(46)57)37-18-22-42(23-19-37)59(43-25-29-55-50(34-43)49-30-38-14-8-9-15-39(38)33-56(49)60-55)44-24-28-48-47-27-20-40(36-12-6-5-7-13-36)31-53(47)58(3,4)54(48)35-44/h5-35H,1-4H3. The van der Waals surface area contributed by atoms with E-state index in [4.69, 9.17) is 0 Å². The number of anilines is 3. The van der Waals surface area contributed by atoms with Gasteiger partial charge in [-0.25, -0.2) is 0 Å². The molecule has 0 atom stereocenters. The molecule has 0 radical (unpaired) electrons. The van der Waals surface area contributed by atoms with Gasteiger partial charge in [-0.05, 0) is 144 Å². The van der Waals surface area contributed by atoms with Crippen LogP contribution in [0.5, 0.6) is 0 Å². The molecule has 0 amide bonds. The Labute approximate surface area is 355 Å². The third-order valence-electron chi connectivity index (χ3n) is 13.6. The molecule has 9 aromatic carbocycles. The van der Waals surface area contributed by atoms with Gasteiger partial charge in [0.25, 0.3) is 0 Å². The first kappa shape index (κ1) is 35.2. The van der Waals surface area contributed by atoms with Crippen LogP contribution in [0.2, 0.25) is 0 Å². The maximum absolute atomic E-state index is 2.46. The van der Waals surface area contributed by atoms with Crippen molar-refractivity contribution >= 4 is 59.3 Å². The van der Waals surface area contributed by atoms with Crippen LogP contribution >= 0.6 is 11.3 Å². The van der Waals surface area contributed by atoms with Crippen molar-refractivity contribution in [2.75, 3.05) is 4.90 Å². The van der Waals surface area contributed by atoms with Crippen molar-refractivity contribution in [2.45, 2.75) is 38.5 Å². The highest BCUT2D eigenvalue weighted by atomic mass is 32.1. The minimum absolute atomic E-state index is 0.0421. The summed E-state index contributed by atoms with van der Waals surface area (Å²) < 4.78 is 2.63. The lowest BCUT2D eigenvalue weighted by molar-refractivity contribution is 0.660. The fourth-order valence-electron chi connectivity index (χ4n) is 10.4. The number of rotatable bonds is 5. The third-order valence-corrected chi connectivity index (χ3v) is 14.8. The normalized spacial score (nSPS) is 14.3. The summed E-state index contributed by atoms with van der Waals surface area (Å²) in [6, 6.07) is 70.6. The average Bonchev–Trinajstić information content (AvgIpc) is 3.84. The van der Waals surface area contributed by atoms with E-state index in [0.29, 0.717) is 0 Å². The fraction of sp³-hybridized carbons (Fsp3) is 0.103. The molecule has 12 rings (SSSR count). The zero-order valence-electron chi connectivity index (χ0n) is 34.3. The number of nitrogens with zero attached hydrogens (tertiary/aromatic N) is 1. The van der Waals surface area contributed by atoms with E-state index >= 15 is 0 Å². The van der Waals surface area contributed by atoms with Gasteiger partial charge in [-0.15, -0.1) is 11.3 Å². The van der Waals surface area contributed by atoms with Crippen molar-refractivity contribution in [2.24, 2.45) is 0 Å². The van der Waals surface area contributed by atoms with Gasteiger partial charge in [0.2, 0.25) is 0 Å². The molecule has 60 heavy (non-hydrogen) atoms. The van der Waals surface area contributed by atoms with Crippen molar-refractivity contribution in [3.8, 4) is 44.5 Å². The molecular weight excluding hydrogens is 743 g/mol. The fourth-order valence-corrected chi connectivity index (χ4v) is 11.5. The molecule has 0 spiro atoms. The van der Waals surface area contributed by atoms with Crippen LogP contribution in [0.4, 0.5) is 17.1 Å². The first-order chi connectivity index (χ1) is 29.2. The molecule has 0 saturated carbocycles. The molecule has 1 aromatic heterocycles. The van der Waals surface area contributed by atoms with Gasteiger partial charge in [-0.3, -0.25) is 0 Å². The molecular formula is C58H43NS. The largest absolute Gasteiger partial charge is 0.310 e. The van der Waals surface area contributed by atoms with E-state index in [-0.39, 0.29) is 10.8 Å². The Morgan fingerprint density at radius 3 is 1.53 bits per heavy atom. The lowest BCUT2D eigenvalue weighted by atomic mass is 9.81. The second-order valence-corrected chi connectivity index (χ2v) is 18.9. The number of hydrogen-bond acceptors (Lipinski definition) is 2. The summed E-state index contributed by atoms with van der Waals surface area (Å²) in [7, 11) is 0. The Kier molecular flexibility index (Phi) is 7.56. The van der Waals surface area contributed by atoms with Crippen LogP contribution < -0.4 is 4.90 Å². The maximum Gasteiger partial charge on any atom is 0.0468 e. The highest BCUT2D eigenvalue weighted by molar-refractivity contribution is 7.25. The zero-order valence-corrected chi connectivity index (χ0v) is 35.1. The zero-order chi connectivity index (χ0) is 40.3. The lowest BCUT2D eigenvalue weighted by Crippen LogP contribution is -2.16. The van der Waals surface area contributed by atoms with Gasteiger partial charge in [-0.1, -0.05) is 149 Å². The minimum atomic E-state index is -0.170. The number of fused-ring (bicyclic) bond motifs is 10. The van der Waals surface area contributed by atoms with Gasteiger partial charge < -0.3 is 4.90 Å². The molecule has 0 bridgehead atoms. The first-order valence-electron chi connectivity index (χ1n) is 21.1. The highest BCUT2D eigenvalue weighted by Gasteiger charge is 2.37. The summed E-state index contributed by atoms with van der Waals surface area (Å²) >= 11 is 1.88. The summed E-state index contributed by atoms with van der Waals surface area (Å²) in [6.07, 6.45) is 0. The summed E-state index contributed by atoms with van der Waals surface area (Å²) in [5.74, 6) is 0. The van der Waals surface area contributed by atoms with Gasteiger partial charge in [-0.2, -0.15) is 0 Å². The molecule has 0 fully saturated rings. The molecule has 0 N–H and O–H groups in total. The molecule has 1 nitrogen and oxygen atoms in total. The molecule has 286 valence electrons.